The van der Waals surface area contributed by atoms with Crippen molar-refractivity contribution in [2.75, 3.05) is 31.7 Å². The average Bonchev–Trinajstić information content (AvgIpc) is 3.14. The van der Waals surface area contributed by atoms with Gasteiger partial charge < -0.3 is 19.5 Å². The van der Waals surface area contributed by atoms with Crippen LogP contribution in [-0.4, -0.2) is 50.5 Å². The van der Waals surface area contributed by atoms with Crippen molar-refractivity contribution in [2.24, 2.45) is 7.05 Å². The van der Waals surface area contributed by atoms with Crippen molar-refractivity contribution in [2.45, 2.75) is 25.8 Å². The lowest BCUT2D eigenvalue weighted by Crippen LogP contribution is -2.30. The zero-order valence-electron chi connectivity index (χ0n) is 19.7. The van der Waals surface area contributed by atoms with Crippen LogP contribution in [0.5, 0.6) is 11.5 Å². The SMILES string of the molecule is Cc1cc(-c2ccc3c(c2)OCCO3)ncc1Nc1ncc2c(n1)n(C1CCOCC1)c(=O)n2C. The minimum absolute atomic E-state index is 0.0661. The topological polar surface area (TPSA) is 105 Å². The fourth-order valence-electron chi connectivity index (χ4n) is 4.64. The average molecular weight is 475 g/mol. The number of benzene rings is 1. The van der Waals surface area contributed by atoms with Gasteiger partial charge in [0.05, 0.1) is 23.8 Å². The first-order valence-electron chi connectivity index (χ1n) is 11.7. The summed E-state index contributed by atoms with van der Waals surface area (Å²) < 4.78 is 20.2. The molecule has 1 fully saturated rings. The molecule has 0 saturated carbocycles. The molecule has 0 atom stereocenters. The zero-order chi connectivity index (χ0) is 23.9. The van der Waals surface area contributed by atoms with Gasteiger partial charge in [0.1, 0.15) is 18.7 Å². The van der Waals surface area contributed by atoms with Gasteiger partial charge in [0.25, 0.3) is 0 Å². The van der Waals surface area contributed by atoms with E-state index in [1.807, 2.05) is 31.2 Å². The van der Waals surface area contributed by atoms with Crippen molar-refractivity contribution >= 4 is 22.8 Å². The van der Waals surface area contributed by atoms with Gasteiger partial charge in [-0.1, -0.05) is 0 Å². The van der Waals surface area contributed by atoms with Crippen LogP contribution in [0, 0.1) is 6.92 Å². The number of nitrogens with zero attached hydrogens (tertiary/aromatic N) is 5. The molecule has 1 saturated heterocycles. The van der Waals surface area contributed by atoms with E-state index in [0.717, 1.165) is 46.8 Å². The molecule has 2 aliphatic rings. The van der Waals surface area contributed by atoms with Crippen LogP contribution in [0.3, 0.4) is 0 Å². The van der Waals surface area contributed by atoms with E-state index < -0.39 is 0 Å². The molecule has 35 heavy (non-hydrogen) atoms. The summed E-state index contributed by atoms with van der Waals surface area (Å²) in [6.07, 6.45) is 5.03. The fraction of sp³-hybridized carbons (Fsp3) is 0.360. The minimum atomic E-state index is -0.0834. The molecule has 1 N–H and O–H groups in total. The van der Waals surface area contributed by atoms with Gasteiger partial charge in [0, 0.05) is 31.9 Å². The van der Waals surface area contributed by atoms with Crippen LogP contribution in [0.2, 0.25) is 0 Å². The summed E-state index contributed by atoms with van der Waals surface area (Å²) in [5.74, 6) is 1.90. The van der Waals surface area contributed by atoms with Gasteiger partial charge in [-0.2, -0.15) is 4.98 Å². The van der Waals surface area contributed by atoms with Crippen LogP contribution in [0.15, 0.2) is 41.5 Å². The summed E-state index contributed by atoms with van der Waals surface area (Å²) in [5, 5.41) is 3.27. The Morgan fingerprint density at radius 3 is 2.60 bits per heavy atom. The predicted molar refractivity (Wildman–Crippen MR) is 131 cm³/mol. The first-order chi connectivity index (χ1) is 17.1. The van der Waals surface area contributed by atoms with E-state index in [-0.39, 0.29) is 11.7 Å². The molecule has 2 aliphatic heterocycles. The molecule has 3 aromatic heterocycles. The second kappa shape index (κ2) is 8.70. The van der Waals surface area contributed by atoms with E-state index >= 15 is 0 Å². The summed E-state index contributed by atoms with van der Waals surface area (Å²) in [7, 11) is 1.75. The number of imidazole rings is 1. The molecule has 4 aromatic rings. The molecule has 0 aliphatic carbocycles. The summed E-state index contributed by atoms with van der Waals surface area (Å²) in [6.45, 7) is 4.39. The van der Waals surface area contributed by atoms with Crippen molar-refractivity contribution in [1.82, 2.24) is 24.1 Å². The van der Waals surface area contributed by atoms with E-state index in [1.54, 1.807) is 28.6 Å². The van der Waals surface area contributed by atoms with Crippen molar-refractivity contribution in [3.63, 3.8) is 0 Å². The standard InChI is InChI=1S/C25H26N6O4/c1-15-11-18(16-3-4-21-22(12-16)35-10-9-34-21)26-13-19(15)28-24-27-14-20-23(29-24)31(25(32)30(20)2)17-5-7-33-8-6-17/h3-4,11-14,17H,5-10H2,1-2H3,(H,27,28,29). The van der Waals surface area contributed by atoms with E-state index in [1.165, 1.54) is 0 Å². The smallest absolute Gasteiger partial charge is 0.330 e. The highest BCUT2D eigenvalue weighted by Gasteiger charge is 2.23. The molecule has 10 heteroatoms. The van der Waals surface area contributed by atoms with Gasteiger partial charge in [-0.05, 0) is 49.6 Å². The lowest BCUT2D eigenvalue weighted by atomic mass is 10.1. The third-order valence-corrected chi connectivity index (χ3v) is 6.58. The Morgan fingerprint density at radius 1 is 1.00 bits per heavy atom. The largest absolute Gasteiger partial charge is 0.486 e. The molecule has 180 valence electrons. The Morgan fingerprint density at radius 2 is 1.80 bits per heavy atom. The molecule has 0 bridgehead atoms. The Kier molecular flexibility index (Phi) is 5.37. The van der Waals surface area contributed by atoms with Gasteiger partial charge >= 0.3 is 5.69 Å². The Balaban J connectivity index is 1.30. The Hall–Kier alpha value is -3.92. The van der Waals surface area contributed by atoms with Gasteiger partial charge in [0.2, 0.25) is 5.95 Å². The zero-order valence-corrected chi connectivity index (χ0v) is 19.7. The van der Waals surface area contributed by atoms with Crippen molar-refractivity contribution in [1.29, 1.82) is 0 Å². The van der Waals surface area contributed by atoms with Gasteiger partial charge in [-0.3, -0.25) is 14.1 Å². The maximum Gasteiger partial charge on any atom is 0.330 e. The lowest BCUT2D eigenvalue weighted by molar-refractivity contribution is 0.0695. The fourth-order valence-corrected chi connectivity index (χ4v) is 4.64. The molecule has 1 aromatic carbocycles. The highest BCUT2D eigenvalue weighted by Crippen LogP contribution is 2.35. The summed E-state index contributed by atoms with van der Waals surface area (Å²) >= 11 is 0. The quantitative estimate of drug-likeness (QED) is 0.480. The number of hydrogen-bond donors (Lipinski definition) is 1. The Bertz CT molecular complexity index is 1470. The maximum absolute atomic E-state index is 12.9. The third-order valence-electron chi connectivity index (χ3n) is 6.58. The second-order valence-corrected chi connectivity index (χ2v) is 8.83. The van der Waals surface area contributed by atoms with Gasteiger partial charge in [-0.25, -0.2) is 9.78 Å². The summed E-state index contributed by atoms with van der Waals surface area (Å²) in [5.41, 5.74) is 4.81. The number of rotatable bonds is 4. The monoisotopic (exact) mass is 474 g/mol. The maximum atomic E-state index is 12.9. The number of ether oxygens (including phenoxy) is 3. The molecule has 5 heterocycles. The number of fused-ring (bicyclic) bond motifs is 2. The normalized spacial score (nSPS) is 15.9. The van der Waals surface area contributed by atoms with Crippen molar-refractivity contribution < 1.29 is 14.2 Å². The highest BCUT2D eigenvalue weighted by atomic mass is 16.6. The molecular weight excluding hydrogens is 448 g/mol. The van der Waals surface area contributed by atoms with Crippen LogP contribution in [0.1, 0.15) is 24.4 Å². The first kappa shape index (κ1) is 21.6. The molecule has 10 nitrogen and oxygen atoms in total. The van der Waals surface area contributed by atoms with Crippen LogP contribution >= 0.6 is 0 Å². The van der Waals surface area contributed by atoms with Crippen molar-refractivity contribution in [3.8, 4) is 22.8 Å². The molecule has 0 radical (unpaired) electrons. The van der Waals surface area contributed by atoms with Crippen LogP contribution in [0.25, 0.3) is 22.4 Å². The molecule has 0 unspecified atom stereocenters. The van der Waals surface area contributed by atoms with Gasteiger partial charge in [-0.15, -0.1) is 0 Å². The number of nitrogens with one attached hydrogen (secondary N) is 1. The number of anilines is 2. The lowest BCUT2D eigenvalue weighted by Gasteiger charge is -2.22. The number of aryl methyl sites for hydroxylation is 2. The summed E-state index contributed by atoms with van der Waals surface area (Å²) in [6, 6.07) is 7.91. The molecule has 6 rings (SSSR count). The Labute approximate surface area is 201 Å². The first-order valence-corrected chi connectivity index (χ1v) is 11.7. The number of aromatic nitrogens is 5. The molecule has 0 amide bonds. The van der Waals surface area contributed by atoms with E-state index in [2.05, 4.69) is 15.3 Å². The van der Waals surface area contributed by atoms with Gasteiger partial charge in [0.15, 0.2) is 17.1 Å². The van der Waals surface area contributed by atoms with E-state index in [9.17, 15) is 4.79 Å². The molecular formula is C25H26N6O4. The third kappa shape index (κ3) is 3.89. The second-order valence-electron chi connectivity index (χ2n) is 8.83. The molecule has 0 spiro atoms. The van der Waals surface area contributed by atoms with Crippen LogP contribution in [-0.2, 0) is 11.8 Å². The van der Waals surface area contributed by atoms with Crippen LogP contribution in [0.4, 0.5) is 11.6 Å². The van der Waals surface area contributed by atoms with Crippen LogP contribution < -0.4 is 20.5 Å². The minimum Gasteiger partial charge on any atom is -0.486 e. The summed E-state index contributed by atoms with van der Waals surface area (Å²) in [4.78, 5) is 26.8. The predicted octanol–water partition coefficient (Wildman–Crippen LogP) is 3.37. The highest BCUT2D eigenvalue weighted by molar-refractivity contribution is 5.74. The van der Waals surface area contributed by atoms with E-state index in [0.29, 0.717) is 43.5 Å². The number of hydrogen-bond acceptors (Lipinski definition) is 8. The number of pyridine rings is 1. The van der Waals surface area contributed by atoms with E-state index in [4.69, 9.17) is 19.2 Å². The van der Waals surface area contributed by atoms with Crippen molar-refractivity contribution in [3.05, 3.63) is 52.7 Å².